The van der Waals surface area contributed by atoms with Gasteiger partial charge in [0.1, 0.15) is 0 Å². The van der Waals surface area contributed by atoms with Gasteiger partial charge < -0.3 is 0 Å². The lowest BCUT2D eigenvalue weighted by molar-refractivity contribution is 1.33. The van der Waals surface area contributed by atoms with E-state index in [2.05, 4.69) is 16.1 Å². The van der Waals surface area contributed by atoms with E-state index < -0.39 is 0 Å². The summed E-state index contributed by atoms with van der Waals surface area (Å²) in [6, 6.07) is 19.5. The maximum absolute atomic E-state index is 8.78. The molecule has 0 unspecified atom stereocenters. The van der Waals surface area contributed by atoms with E-state index in [-0.39, 0.29) is 0 Å². The predicted octanol–water partition coefficient (Wildman–Crippen LogP) is 2.81. The van der Waals surface area contributed by atoms with Gasteiger partial charge in [0.25, 0.3) is 0 Å². The Morgan fingerprint density at radius 3 is 2.32 bits per heavy atom. The molecule has 1 aliphatic rings. The van der Waals surface area contributed by atoms with Crippen LogP contribution in [0, 0.1) is 11.3 Å². The first-order valence-electron chi connectivity index (χ1n) is 6.05. The predicted molar refractivity (Wildman–Crippen MR) is 75.5 cm³/mol. The summed E-state index contributed by atoms with van der Waals surface area (Å²) in [4.78, 5) is 9.02. The van der Waals surface area contributed by atoms with Gasteiger partial charge in [-0.25, -0.2) is 4.99 Å². The second-order valence-electron chi connectivity index (χ2n) is 4.25. The van der Waals surface area contributed by atoms with Crippen LogP contribution in [0.2, 0.25) is 0 Å². The van der Waals surface area contributed by atoms with Gasteiger partial charge in [-0.2, -0.15) is 5.26 Å². The Morgan fingerprint density at radius 2 is 1.63 bits per heavy atom. The minimum Gasteiger partial charge on any atom is -0.260 e. The van der Waals surface area contributed by atoms with E-state index in [1.165, 1.54) is 0 Å². The van der Waals surface area contributed by atoms with Crippen LogP contribution in [0.25, 0.3) is 0 Å². The molecule has 90 valence electrons. The van der Waals surface area contributed by atoms with Crippen LogP contribution in [-0.4, -0.2) is 18.1 Å². The van der Waals surface area contributed by atoms with Gasteiger partial charge in [0.2, 0.25) is 0 Å². The number of benzene rings is 2. The highest BCUT2D eigenvalue weighted by molar-refractivity contribution is 6.17. The SMILES string of the molecule is N#Cc1ccc(C2=NC(c3ccccc3)=NC2)cc1. The molecule has 1 heterocycles. The number of hydrogen-bond acceptors (Lipinski definition) is 3. The first kappa shape index (κ1) is 11.4. The Kier molecular flexibility index (Phi) is 2.91. The standard InChI is InChI=1S/C16H11N3/c17-10-12-6-8-13(9-7-12)15-11-18-16(19-15)14-4-2-1-3-5-14/h1-9H,11H2. The van der Waals surface area contributed by atoms with Crippen molar-refractivity contribution in [2.75, 3.05) is 6.54 Å². The second-order valence-corrected chi connectivity index (χ2v) is 4.25. The summed E-state index contributed by atoms with van der Waals surface area (Å²) >= 11 is 0. The maximum atomic E-state index is 8.78. The molecule has 3 rings (SSSR count). The lowest BCUT2D eigenvalue weighted by Crippen LogP contribution is -2.01. The van der Waals surface area contributed by atoms with Crippen molar-refractivity contribution >= 4 is 11.5 Å². The van der Waals surface area contributed by atoms with Gasteiger partial charge in [-0.1, -0.05) is 42.5 Å². The fourth-order valence-corrected chi connectivity index (χ4v) is 1.98. The monoisotopic (exact) mass is 245 g/mol. The van der Waals surface area contributed by atoms with E-state index in [0.29, 0.717) is 12.1 Å². The van der Waals surface area contributed by atoms with Gasteiger partial charge in [0.05, 0.1) is 23.9 Å². The second kappa shape index (κ2) is 4.87. The zero-order valence-corrected chi connectivity index (χ0v) is 10.2. The summed E-state index contributed by atoms with van der Waals surface area (Å²) in [6.07, 6.45) is 0. The van der Waals surface area contributed by atoms with Gasteiger partial charge in [0.15, 0.2) is 5.84 Å². The number of aliphatic imine (C=N–C) groups is 2. The molecule has 0 saturated heterocycles. The van der Waals surface area contributed by atoms with Crippen molar-refractivity contribution in [3.05, 3.63) is 71.3 Å². The summed E-state index contributed by atoms with van der Waals surface area (Å²) in [7, 11) is 0. The zero-order valence-electron chi connectivity index (χ0n) is 10.2. The largest absolute Gasteiger partial charge is 0.260 e. The third-order valence-corrected chi connectivity index (χ3v) is 3.00. The number of hydrogen-bond donors (Lipinski definition) is 0. The van der Waals surface area contributed by atoms with Crippen LogP contribution in [0.3, 0.4) is 0 Å². The minimum atomic E-state index is 0.593. The van der Waals surface area contributed by atoms with E-state index in [4.69, 9.17) is 5.26 Å². The molecular weight excluding hydrogens is 234 g/mol. The third kappa shape index (κ3) is 2.29. The van der Waals surface area contributed by atoms with Crippen LogP contribution in [0.15, 0.2) is 64.6 Å². The molecule has 19 heavy (non-hydrogen) atoms. The van der Waals surface area contributed by atoms with Gasteiger partial charge in [0, 0.05) is 5.56 Å². The van der Waals surface area contributed by atoms with Crippen LogP contribution in [0.4, 0.5) is 0 Å². The highest BCUT2D eigenvalue weighted by Gasteiger charge is 2.13. The molecule has 0 spiro atoms. The Morgan fingerprint density at radius 1 is 0.895 bits per heavy atom. The topological polar surface area (TPSA) is 48.5 Å². The first-order valence-corrected chi connectivity index (χ1v) is 6.05. The normalized spacial score (nSPS) is 13.6. The first-order chi connectivity index (χ1) is 9.36. The zero-order chi connectivity index (χ0) is 13.1. The number of nitrogens with zero attached hydrogens (tertiary/aromatic N) is 3. The van der Waals surface area contributed by atoms with Crippen molar-refractivity contribution in [2.45, 2.75) is 0 Å². The highest BCUT2D eigenvalue weighted by atomic mass is 15.0. The molecule has 0 radical (unpaired) electrons. The maximum Gasteiger partial charge on any atom is 0.155 e. The summed E-state index contributed by atoms with van der Waals surface area (Å²) in [5.74, 6) is 0.778. The number of amidine groups is 1. The molecule has 0 fully saturated rings. The average molecular weight is 245 g/mol. The van der Waals surface area contributed by atoms with Gasteiger partial charge >= 0.3 is 0 Å². The van der Waals surface area contributed by atoms with Crippen LogP contribution >= 0.6 is 0 Å². The van der Waals surface area contributed by atoms with Crippen LogP contribution < -0.4 is 0 Å². The summed E-state index contributed by atoms with van der Waals surface area (Å²) in [5.41, 5.74) is 3.66. The quantitative estimate of drug-likeness (QED) is 0.802. The molecule has 2 aromatic rings. The van der Waals surface area contributed by atoms with Crippen molar-refractivity contribution in [2.24, 2.45) is 9.98 Å². The lowest BCUT2D eigenvalue weighted by atomic mass is 10.1. The summed E-state index contributed by atoms with van der Waals surface area (Å²) < 4.78 is 0. The Balaban J connectivity index is 1.87. The minimum absolute atomic E-state index is 0.593. The fraction of sp³-hybridized carbons (Fsp3) is 0.0625. The molecule has 0 amide bonds. The number of nitriles is 1. The molecule has 2 aromatic carbocycles. The van der Waals surface area contributed by atoms with Crippen molar-refractivity contribution in [3.63, 3.8) is 0 Å². The molecule has 0 N–H and O–H groups in total. The molecule has 0 aromatic heterocycles. The number of rotatable bonds is 2. The van der Waals surface area contributed by atoms with Gasteiger partial charge in [-0.3, -0.25) is 4.99 Å². The molecule has 0 saturated carbocycles. The van der Waals surface area contributed by atoms with E-state index in [0.717, 1.165) is 22.7 Å². The Labute approximate surface area is 111 Å². The lowest BCUT2D eigenvalue weighted by Gasteiger charge is -1.99. The van der Waals surface area contributed by atoms with Crippen LogP contribution in [-0.2, 0) is 0 Å². The van der Waals surface area contributed by atoms with E-state index >= 15 is 0 Å². The van der Waals surface area contributed by atoms with E-state index in [1.807, 2.05) is 42.5 Å². The summed E-state index contributed by atoms with van der Waals surface area (Å²) in [6.45, 7) is 0.593. The van der Waals surface area contributed by atoms with E-state index in [9.17, 15) is 0 Å². The molecular formula is C16H11N3. The van der Waals surface area contributed by atoms with E-state index in [1.54, 1.807) is 12.1 Å². The van der Waals surface area contributed by atoms with Crippen molar-refractivity contribution in [1.29, 1.82) is 5.26 Å². The Hall–Kier alpha value is -2.73. The highest BCUT2D eigenvalue weighted by Crippen LogP contribution is 2.13. The molecule has 0 atom stereocenters. The van der Waals surface area contributed by atoms with Crippen LogP contribution in [0.5, 0.6) is 0 Å². The third-order valence-electron chi connectivity index (χ3n) is 3.00. The summed E-state index contributed by atoms with van der Waals surface area (Å²) in [5, 5.41) is 8.78. The molecule has 3 nitrogen and oxygen atoms in total. The average Bonchev–Trinajstić information content (AvgIpc) is 2.98. The molecule has 0 bridgehead atoms. The van der Waals surface area contributed by atoms with Crippen LogP contribution in [0.1, 0.15) is 16.7 Å². The van der Waals surface area contributed by atoms with Crippen molar-refractivity contribution in [3.8, 4) is 6.07 Å². The van der Waals surface area contributed by atoms with Gasteiger partial charge in [-0.05, 0) is 17.7 Å². The molecule has 0 aliphatic carbocycles. The molecule has 1 aliphatic heterocycles. The molecule has 3 heteroatoms. The smallest absolute Gasteiger partial charge is 0.155 e. The van der Waals surface area contributed by atoms with Gasteiger partial charge in [-0.15, -0.1) is 0 Å². The van der Waals surface area contributed by atoms with Crippen molar-refractivity contribution in [1.82, 2.24) is 0 Å². The Bertz CT molecular complexity index is 689. The van der Waals surface area contributed by atoms with Crippen molar-refractivity contribution < 1.29 is 0 Å². The fourth-order valence-electron chi connectivity index (χ4n) is 1.98.